The van der Waals surface area contributed by atoms with Gasteiger partial charge in [-0.2, -0.15) is 0 Å². The smallest absolute Gasteiger partial charge is 0.255 e. The molecule has 1 aromatic heterocycles. The van der Waals surface area contributed by atoms with E-state index in [2.05, 4.69) is 10.3 Å². The Morgan fingerprint density at radius 3 is 2.30 bits per heavy atom. The number of pyridine rings is 1. The molecule has 0 spiro atoms. The fourth-order valence-electron chi connectivity index (χ4n) is 1.59. The molecule has 104 valence electrons. The van der Waals surface area contributed by atoms with Gasteiger partial charge in [0.15, 0.2) is 5.82 Å². The van der Waals surface area contributed by atoms with Crippen LogP contribution in [0.4, 0.5) is 10.1 Å². The van der Waals surface area contributed by atoms with Crippen LogP contribution >= 0.6 is 34.8 Å². The molecule has 0 saturated carbocycles. The molecule has 0 radical (unpaired) electrons. The molecule has 1 aromatic carbocycles. The molecule has 0 saturated heterocycles. The number of aromatic nitrogens is 1. The van der Waals surface area contributed by atoms with Gasteiger partial charge in [-0.3, -0.25) is 4.79 Å². The molecule has 0 atom stereocenters. The second-order valence-electron chi connectivity index (χ2n) is 4.03. The van der Waals surface area contributed by atoms with Crippen molar-refractivity contribution < 1.29 is 9.18 Å². The SMILES string of the molecule is Cc1cc(C(=O)Nc2cc(Cl)c(F)c(Cl)c2)cc(Cl)n1. The first-order valence-electron chi connectivity index (χ1n) is 5.47. The van der Waals surface area contributed by atoms with E-state index in [1.54, 1.807) is 13.0 Å². The summed E-state index contributed by atoms with van der Waals surface area (Å²) in [4.78, 5) is 16.0. The predicted molar refractivity (Wildman–Crippen MR) is 78.4 cm³/mol. The highest BCUT2D eigenvalue weighted by atomic mass is 35.5. The first-order chi connectivity index (χ1) is 9.36. The number of carbonyl (C=O) groups is 1. The molecule has 1 heterocycles. The minimum atomic E-state index is -0.728. The monoisotopic (exact) mass is 332 g/mol. The third kappa shape index (κ3) is 3.39. The number of nitrogens with one attached hydrogen (secondary N) is 1. The number of anilines is 1. The molecule has 2 rings (SSSR count). The first-order valence-corrected chi connectivity index (χ1v) is 6.60. The van der Waals surface area contributed by atoms with Crippen molar-refractivity contribution in [3.63, 3.8) is 0 Å². The predicted octanol–water partition coefficient (Wildman–Crippen LogP) is 4.74. The number of benzene rings is 1. The molecule has 0 bridgehead atoms. The Bertz CT molecular complexity index is 648. The number of halogens is 4. The van der Waals surface area contributed by atoms with E-state index < -0.39 is 11.7 Å². The number of hydrogen-bond acceptors (Lipinski definition) is 2. The van der Waals surface area contributed by atoms with Gasteiger partial charge in [0.2, 0.25) is 0 Å². The average Bonchev–Trinajstić information content (AvgIpc) is 2.34. The third-order valence-electron chi connectivity index (χ3n) is 2.43. The summed E-state index contributed by atoms with van der Waals surface area (Å²) in [5, 5.41) is 2.43. The zero-order chi connectivity index (χ0) is 14.9. The molecule has 1 amide bonds. The maximum atomic E-state index is 13.3. The highest BCUT2D eigenvalue weighted by Gasteiger charge is 2.12. The lowest BCUT2D eigenvalue weighted by molar-refractivity contribution is 0.102. The standard InChI is InChI=1S/C13H8Cl3FN2O/c1-6-2-7(3-11(16)18-6)13(20)19-8-4-9(14)12(17)10(15)5-8/h2-5H,1H3,(H,19,20). The van der Waals surface area contributed by atoms with Crippen molar-refractivity contribution in [1.29, 1.82) is 0 Å². The fourth-order valence-corrected chi connectivity index (χ4v) is 2.33. The number of rotatable bonds is 2. The van der Waals surface area contributed by atoms with Crippen LogP contribution in [0.25, 0.3) is 0 Å². The molecule has 0 aliphatic carbocycles. The molecule has 20 heavy (non-hydrogen) atoms. The molecule has 0 fully saturated rings. The van der Waals surface area contributed by atoms with Crippen LogP contribution in [0.15, 0.2) is 24.3 Å². The van der Waals surface area contributed by atoms with Gasteiger partial charge in [0.05, 0.1) is 10.0 Å². The Kier molecular flexibility index (Phi) is 4.48. The summed E-state index contributed by atoms with van der Waals surface area (Å²) in [5.74, 6) is -1.15. The number of hydrogen-bond donors (Lipinski definition) is 1. The second-order valence-corrected chi connectivity index (χ2v) is 5.23. The summed E-state index contributed by atoms with van der Waals surface area (Å²) in [6, 6.07) is 5.55. The molecule has 0 aliphatic rings. The van der Waals surface area contributed by atoms with Crippen molar-refractivity contribution in [3.8, 4) is 0 Å². The van der Waals surface area contributed by atoms with Crippen LogP contribution in [0.2, 0.25) is 15.2 Å². The van der Waals surface area contributed by atoms with E-state index in [4.69, 9.17) is 34.8 Å². The summed E-state index contributed by atoms with van der Waals surface area (Å²) in [6.07, 6.45) is 0. The quantitative estimate of drug-likeness (QED) is 0.637. The second kappa shape index (κ2) is 5.95. The topological polar surface area (TPSA) is 42.0 Å². The van der Waals surface area contributed by atoms with Crippen molar-refractivity contribution >= 4 is 46.4 Å². The van der Waals surface area contributed by atoms with Crippen molar-refractivity contribution in [2.24, 2.45) is 0 Å². The third-order valence-corrected chi connectivity index (χ3v) is 3.17. The normalized spacial score (nSPS) is 10.4. The Balaban J connectivity index is 2.28. The van der Waals surface area contributed by atoms with E-state index in [1.807, 2.05) is 0 Å². The van der Waals surface area contributed by atoms with Gasteiger partial charge in [-0.05, 0) is 31.2 Å². The van der Waals surface area contributed by atoms with E-state index in [1.165, 1.54) is 18.2 Å². The molecule has 0 aliphatic heterocycles. The Labute approximate surface area is 129 Å². The lowest BCUT2D eigenvalue weighted by Crippen LogP contribution is -2.12. The van der Waals surface area contributed by atoms with Gasteiger partial charge < -0.3 is 5.32 Å². The van der Waals surface area contributed by atoms with Crippen molar-refractivity contribution in [2.75, 3.05) is 5.32 Å². The van der Waals surface area contributed by atoms with Crippen LogP contribution in [0.5, 0.6) is 0 Å². The van der Waals surface area contributed by atoms with Crippen LogP contribution in [0.1, 0.15) is 16.1 Å². The van der Waals surface area contributed by atoms with Gasteiger partial charge in [0.25, 0.3) is 5.91 Å². The Morgan fingerprint density at radius 1 is 1.15 bits per heavy atom. The Hall–Kier alpha value is -1.36. The summed E-state index contributed by atoms with van der Waals surface area (Å²) < 4.78 is 13.3. The highest BCUT2D eigenvalue weighted by Crippen LogP contribution is 2.27. The van der Waals surface area contributed by atoms with E-state index in [-0.39, 0.29) is 20.9 Å². The molecular formula is C13H8Cl3FN2O. The molecule has 3 nitrogen and oxygen atoms in total. The van der Waals surface area contributed by atoms with Gasteiger partial charge in [-0.15, -0.1) is 0 Å². The van der Waals surface area contributed by atoms with E-state index in [9.17, 15) is 9.18 Å². The number of aryl methyl sites for hydroxylation is 1. The molecule has 1 N–H and O–H groups in total. The van der Waals surface area contributed by atoms with Gasteiger partial charge in [-0.1, -0.05) is 34.8 Å². The summed E-state index contributed by atoms with van der Waals surface area (Å²) >= 11 is 17.1. The van der Waals surface area contributed by atoms with Crippen molar-refractivity contribution in [1.82, 2.24) is 4.98 Å². The minimum Gasteiger partial charge on any atom is -0.322 e. The summed E-state index contributed by atoms with van der Waals surface area (Å²) in [6.45, 7) is 1.72. The van der Waals surface area contributed by atoms with E-state index in [0.29, 0.717) is 11.3 Å². The maximum Gasteiger partial charge on any atom is 0.255 e. The fraction of sp³-hybridized carbons (Fsp3) is 0.0769. The minimum absolute atomic E-state index is 0.170. The number of nitrogens with zero attached hydrogens (tertiary/aromatic N) is 1. The largest absolute Gasteiger partial charge is 0.322 e. The van der Waals surface area contributed by atoms with Crippen LogP contribution in [0.3, 0.4) is 0 Å². The van der Waals surface area contributed by atoms with Gasteiger partial charge in [-0.25, -0.2) is 9.37 Å². The molecule has 0 unspecified atom stereocenters. The average molecular weight is 334 g/mol. The first kappa shape index (κ1) is 15.0. The molecular weight excluding hydrogens is 326 g/mol. The van der Waals surface area contributed by atoms with E-state index in [0.717, 1.165) is 0 Å². The lowest BCUT2D eigenvalue weighted by atomic mass is 10.2. The van der Waals surface area contributed by atoms with Crippen LogP contribution in [-0.4, -0.2) is 10.9 Å². The molecule has 2 aromatic rings. The zero-order valence-electron chi connectivity index (χ0n) is 10.2. The van der Waals surface area contributed by atoms with Crippen LogP contribution in [-0.2, 0) is 0 Å². The van der Waals surface area contributed by atoms with Gasteiger partial charge in [0.1, 0.15) is 5.15 Å². The van der Waals surface area contributed by atoms with Gasteiger partial charge >= 0.3 is 0 Å². The van der Waals surface area contributed by atoms with Crippen LogP contribution in [0, 0.1) is 12.7 Å². The van der Waals surface area contributed by atoms with E-state index >= 15 is 0 Å². The van der Waals surface area contributed by atoms with Crippen LogP contribution < -0.4 is 5.32 Å². The summed E-state index contributed by atoms with van der Waals surface area (Å²) in [5.41, 5.74) is 1.23. The maximum absolute atomic E-state index is 13.3. The highest BCUT2D eigenvalue weighted by molar-refractivity contribution is 6.35. The number of carbonyl (C=O) groups excluding carboxylic acids is 1. The summed E-state index contributed by atoms with van der Waals surface area (Å²) in [7, 11) is 0. The van der Waals surface area contributed by atoms with Crippen molar-refractivity contribution in [3.05, 3.63) is 56.5 Å². The lowest BCUT2D eigenvalue weighted by Gasteiger charge is -2.08. The zero-order valence-corrected chi connectivity index (χ0v) is 12.4. The molecule has 7 heteroatoms. The van der Waals surface area contributed by atoms with Crippen molar-refractivity contribution in [2.45, 2.75) is 6.92 Å². The Morgan fingerprint density at radius 2 is 1.75 bits per heavy atom. The number of amides is 1. The van der Waals surface area contributed by atoms with Gasteiger partial charge in [0, 0.05) is 16.9 Å².